The van der Waals surface area contributed by atoms with Crippen LogP contribution in [0.2, 0.25) is 10.0 Å². The smallest absolute Gasteiger partial charge is 0.303 e. The number of rotatable bonds is 5. The van der Waals surface area contributed by atoms with Gasteiger partial charge in [-0.25, -0.2) is 0 Å². The molecule has 1 aromatic rings. The Morgan fingerprint density at radius 2 is 2.11 bits per heavy atom. The molecule has 18 heavy (non-hydrogen) atoms. The van der Waals surface area contributed by atoms with E-state index >= 15 is 0 Å². The van der Waals surface area contributed by atoms with Gasteiger partial charge in [0.15, 0.2) is 5.11 Å². The highest BCUT2D eigenvalue weighted by Gasteiger charge is 2.03. The molecule has 0 bridgehead atoms. The van der Waals surface area contributed by atoms with E-state index in [9.17, 15) is 4.79 Å². The Labute approximate surface area is 120 Å². The topological polar surface area (TPSA) is 61.4 Å². The Morgan fingerprint density at radius 1 is 1.39 bits per heavy atom. The van der Waals surface area contributed by atoms with Crippen LogP contribution in [-0.2, 0) is 4.79 Å². The SMILES string of the molecule is O=C(O)CCCNC(=S)Nc1cc(Cl)ccc1Cl. The minimum Gasteiger partial charge on any atom is -0.481 e. The third kappa shape index (κ3) is 5.53. The fraction of sp³-hybridized carbons (Fsp3) is 0.273. The van der Waals surface area contributed by atoms with Gasteiger partial charge in [0.25, 0.3) is 0 Å². The first-order valence-corrected chi connectivity index (χ1v) is 6.37. The molecule has 0 fully saturated rings. The average molecular weight is 307 g/mol. The van der Waals surface area contributed by atoms with Gasteiger partial charge in [0.05, 0.1) is 10.7 Å². The van der Waals surface area contributed by atoms with E-state index < -0.39 is 5.97 Å². The van der Waals surface area contributed by atoms with Gasteiger partial charge < -0.3 is 15.7 Å². The first-order valence-electron chi connectivity index (χ1n) is 5.20. The van der Waals surface area contributed by atoms with Gasteiger partial charge >= 0.3 is 5.97 Å². The number of aliphatic carboxylic acids is 1. The zero-order valence-corrected chi connectivity index (χ0v) is 11.7. The summed E-state index contributed by atoms with van der Waals surface area (Å²) in [6.07, 6.45) is 0.605. The van der Waals surface area contributed by atoms with Gasteiger partial charge in [-0.15, -0.1) is 0 Å². The average Bonchev–Trinajstić information content (AvgIpc) is 2.29. The van der Waals surface area contributed by atoms with Crippen molar-refractivity contribution in [3.63, 3.8) is 0 Å². The van der Waals surface area contributed by atoms with Crippen molar-refractivity contribution < 1.29 is 9.90 Å². The highest BCUT2D eigenvalue weighted by atomic mass is 35.5. The van der Waals surface area contributed by atoms with Crippen LogP contribution in [0.1, 0.15) is 12.8 Å². The molecule has 7 heteroatoms. The van der Waals surface area contributed by atoms with Crippen molar-refractivity contribution in [1.82, 2.24) is 5.32 Å². The summed E-state index contributed by atoms with van der Waals surface area (Å²) in [4.78, 5) is 10.3. The summed E-state index contributed by atoms with van der Waals surface area (Å²) in [5.41, 5.74) is 0.611. The van der Waals surface area contributed by atoms with E-state index in [1.165, 1.54) is 0 Å². The Morgan fingerprint density at radius 3 is 2.78 bits per heavy atom. The summed E-state index contributed by atoms with van der Waals surface area (Å²) >= 11 is 16.8. The van der Waals surface area contributed by atoms with Crippen LogP contribution in [0.5, 0.6) is 0 Å². The van der Waals surface area contributed by atoms with Gasteiger partial charge in [0, 0.05) is 18.0 Å². The Kier molecular flexibility index (Phi) is 6.18. The summed E-state index contributed by atoms with van der Waals surface area (Å²) in [6.45, 7) is 0.482. The Balaban J connectivity index is 2.40. The molecule has 0 aromatic heterocycles. The molecule has 4 nitrogen and oxygen atoms in total. The maximum atomic E-state index is 10.3. The van der Waals surface area contributed by atoms with Crippen molar-refractivity contribution in [3.05, 3.63) is 28.2 Å². The first kappa shape index (κ1) is 15.0. The number of anilines is 1. The first-order chi connectivity index (χ1) is 8.49. The van der Waals surface area contributed by atoms with Crippen LogP contribution >= 0.6 is 35.4 Å². The van der Waals surface area contributed by atoms with Crippen molar-refractivity contribution >= 4 is 52.2 Å². The maximum Gasteiger partial charge on any atom is 0.303 e. The number of benzene rings is 1. The van der Waals surface area contributed by atoms with Crippen LogP contribution in [0.25, 0.3) is 0 Å². The molecule has 0 aliphatic carbocycles. The lowest BCUT2D eigenvalue weighted by atomic mass is 10.3. The number of carbonyl (C=O) groups is 1. The molecule has 0 aliphatic rings. The second-order valence-electron chi connectivity index (χ2n) is 3.50. The third-order valence-corrected chi connectivity index (χ3v) is 2.84. The number of halogens is 2. The molecular weight excluding hydrogens is 295 g/mol. The van der Waals surface area contributed by atoms with E-state index in [-0.39, 0.29) is 6.42 Å². The maximum absolute atomic E-state index is 10.3. The molecule has 0 spiro atoms. The number of hydrogen-bond acceptors (Lipinski definition) is 2. The lowest BCUT2D eigenvalue weighted by Gasteiger charge is -2.11. The fourth-order valence-electron chi connectivity index (χ4n) is 1.20. The van der Waals surface area contributed by atoms with E-state index in [4.69, 9.17) is 40.5 Å². The fourth-order valence-corrected chi connectivity index (χ4v) is 1.75. The Hall–Kier alpha value is -1.04. The molecule has 0 amide bonds. The largest absolute Gasteiger partial charge is 0.481 e. The number of nitrogens with one attached hydrogen (secondary N) is 2. The van der Waals surface area contributed by atoms with Crippen LogP contribution in [0, 0.1) is 0 Å². The molecule has 0 unspecified atom stereocenters. The molecule has 1 aromatic carbocycles. The summed E-state index contributed by atoms with van der Waals surface area (Å²) in [5, 5.41) is 15.7. The zero-order chi connectivity index (χ0) is 13.5. The van der Waals surface area contributed by atoms with Crippen LogP contribution in [-0.4, -0.2) is 22.7 Å². The van der Waals surface area contributed by atoms with Gasteiger partial charge in [0.1, 0.15) is 0 Å². The van der Waals surface area contributed by atoms with Crippen LogP contribution in [0.4, 0.5) is 5.69 Å². The quantitative estimate of drug-likeness (QED) is 0.576. The minimum absolute atomic E-state index is 0.105. The van der Waals surface area contributed by atoms with E-state index in [1.54, 1.807) is 18.2 Å². The van der Waals surface area contributed by atoms with Crippen molar-refractivity contribution in [3.8, 4) is 0 Å². The molecule has 0 aliphatic heterocycles. The number of carboxylic acid groups (broad SMARTS) is 1. The predicted molar refractivity (Wildman–Crippen MR) is 77.6 cm³/mol. The molecule has 1 rings (SSSR count). The monoisotopic (exact) mass is 306 g/mol. The molecule has 0 radical (unpaired) electrons. The molecule has 3 N–H and O–H groups in total. The number of thiocarbonyl (C=S) groups is 1. The van der Waals surface area contributed by atoms with Crippen molar-refractivity contribution in [2.75, 3.05) is 11.9 Å². The highest BCUT2D eigenvalue weighted by molar-refractivity contribution is 7.80. The molecular formula is C11H12Cl2N2O2S. The second-order valence-corrected chi connectivity index (χ2v) is 4.75. The van der Waals surface area contributed by atoms with Gasteiger partial charge in [-0.2, -0.15) is 0 Å². The minimum atomic E-state index is -0.825. The molecule has 0 atom stereocenters. The van der Waals surface area contributed by atoms with Crippen molar-refractivity contribution in [1.29, 1.82) is 0 Å². The second kappa shape index (κ2) is 7.41. The van der Waals surface area contributed by atoms with Crippen LogP contribution in [0.3, 0.4) is 0 Å². The van der Waals surface area contributed by atoms with E-state index in [2.05, 4.69) is 10.6 Å². The molecule has 98 valence electrons. The van der Waals surface area contributed by atoms with E-state index in [0.29, 0.717) is 33.8 Å². The number of carboxylic acids is 1. The summed E-state index contributed by atoms with van der Waals surface area (Å²) in [5.74, 6) is -0.825. The van der Waals surface area contributed by atoms with Gasteiger partial charge in [-0.3, -0.25) is 4.79 Å². The van der Waals surface area contributed by atoms with Crippen LogP contribution < -0.4 is 10.6 Å². The summed E-state index contributed by atoms with van der Waals surface area (Å²) < 4.78 is 0. The summed E-state index contributed by atoms with van der Waals surface area (Å²) in [7, 11) is 0. The molecule has 0 saturated heterocycles. The van der Waals surface area contributed by atoms with E-state index in [0.717, 1.165) is 0 Å². The van der Waals surface area contributed by atoms with Gasteiger partial charge in [-0.05, 0) is 36.8 Å². The lowest BCUT2D eigenvalue weighted by molar-refractivity contribution is -0.137. The zero-order valence-electron chi connectivity index (χ0n) is 9.37. The van der Waals surface area contributed by atoms with Crippen molar-refractivity contribution in [2.24, 2.45) is 0 Å². The van der Waals surface area contributed by atoms with E-state index in [1.807, 2.05) is 0 Å². The predicted octanol–water partition coefficient (Wildman–Crippen LogP) is 3.14. The van der Waals surface area contributed by atoms with Crippen molar-refractivity contribution in [2.45, 2.75) is 12.8 Å². The van der Waals surface area contributed by atoms with Crippen LogP contribution in [0.15, 0.2) is 18.2 Å². The molecule has 0 heterocycles. The normalized spacial score (nSPS) is 9.89. The lowest BCUT2D eigenvalue weighted by Crippen LogP contribution is -2.29. The Bertz CT molecular complexity index is 455. The van der Waals surface area contributed by atoms with Gasteiger partial charge in [0.2, 0.25) is 0 Å². The third-order valence-electron chi connectivity index (χ3n) is 2.03. The summed E-state index contributed by atoms with van der Waals surface area (Å²) in [6, 6.07) is 5.01. The molecule has 0 saturated carbocycles. The highest BCUT2D eigenvalue weighted by Crippen LogP contribution is 2.25. The number of hydrogen-bond donors (Lipinski definition) is 3. The standard InChI is InChI=1S/C11H12Cl2N2O2S/c12-7-3-4-8(13)9(6-7)15-11(18)14-5-1-2-10(16)17/h3-4,6H,1-2,5H2,(H,16,17)(H2,14,15,18). The van der Waals surface area contributed by atoms with Gasteiger partial charge in [-0.1, -0.05) is 23.2 Å².